The van der Waals surface area contributed by atoms with Gasteiger partial charge < -0.3 is 15.1 Å². The summed E-state index contributed by atoms with van der Waals surface area (Å²) in [7, 11) is 5.95. The molecule has 1 N–H and O–H groups in total. The largest absolute Gasteiger partial charge is 0.354 e. The lowest BCUT2D eigenvalue weighted by atomic mass is 10.2. The summed E-state index contributed by atoms with van der Waals surface area (Å²) in [6.45, 7) is 5.08. The molecule has 1 aromatic heterocycles. The predicted octanol–water partition coefficient (Wildman–Crippen LogP) is 1.60. The number of nitrogens with one attached hydrogen (secondary N) is 1. The molecule has 0 radical (unpaired) electrons. The summed E-state index contributed by atoms with van der Waals surface area (Å²) >= 11 is 0. The van der Waals surface area contributed by atoms with Crippen LogP contribution in [0.15, 0.2) is 0 Å². The number of anilines is 3. The molecule has 2 rings (SSSR count). The summed E-state index contributed by atoms with van der Waals surface area (Å²) in [5.74, 6) is 2.86. The van der Waals surface area contributed by atoms with Crippen LogP contribution in [0.25, 0.3) is 0 Å². The van der Waals surface area contributed by atoms with Gasteiger partial charge in [0.15, 0.2) is 0 Å². The summed E-state index contributed by atoms with van der Waals surface area (Å²) in [6, 6.07) is 0.479. The molecular weight excluding hydrogens is 240 g/mol. The Balaban J connectivity index is 2.26. The molecular formula is C13H24N6. The van der Waals surface area contributed by atoms with Crippen molar-refractivity contribution < 1.29 is 0 Å². The normalized spacial score (nSPS) is 16.1. The Morgan fingerprint density at radius 3 is 2.32 bits per heavy atom. The van der Waals surface area contributed by atoms with Crippen molar-refractivity contribution in [1.29, 1.82) is 0 Å². The number of hydrogen-bond donors (Lipinski definition) is 1. The third-order valence-electron chi connectivity index (χ3n) is 3.58. The zero-order chi connectivity index (χ0) is 14.0. The first-order valence-corrected chi connectivity index (χ1v) is 6.93. The summed E-state index contributed by atoms with van der Waals surface area (Å²) in [4.78, 5) is 17.5. The maximum absolute atomic E-state index is 4.54. The quantitative estimate of drug-likeness (QED) is 0.842. The molecule has 19 heavy (non-hydrogen) atoms. The van der Waals surface area contributed by atoms with Crippen molar-refractivity contribution in [3.63, 3.8) is 0 Å². The van der Waals surface area contributed by atoms with Crippen LogP contribution in [0.3, 0.4) is 0 Å². The van der Waals surface area contributed by atoms with Crippen LogP contribution in [-0.2, 0) is 0 Å². The minimum atomic E-state index is 0.479. The maximum Gasteiger partial charge on any atom is 0.231 e. The SMILES string of the molecule is CCNc1nc(N(C)C)nc(N(C)C(C)C2CC2)n1. The second kappa shape index (κ2) is 5.59. The summed E-state index contributed by atoms with van der Waals surface area (Å²) in [5.41, 5.74) is 0. The van der Waals surface area contributed by atoms with Gasteiger partial charge >= 0.3 is 0 Å². The molecule has 106 valence electrons. The molecule has 0 amide bonds. The first-order chi connectivity index (χ1) is 9.02. The third kappa shape index (κ3) is 3.24. The van der Waals surface area contributed by atoms with Crippen molar-refractivity contribution in [1.82, 2.24) is 15.0 Å². The zero-order valence-corrected chi connectivity index (χ0v) is 12.5. The minimum Gasteiger partial charge on any atom is -0.354 e. The van der Waals surface area contributed by atoms with Crippen LogP contribution in [0.4, 0.5) is 17.8 Å². The summed E-state index contributed by atoms with van der Waals surface area (Å²) in [5, 5.41) is 3.17. The Morgan fingerprint density at radius 1 is 1.16 bits per heavy atom. The second-order valence-electron chi connectivity index (χ2n) is 5.37. The van der Waals surface area contributed by atoms with Crippen molar-refractivity contribution >= 4 is 17.8 Å². The Labute approximate surface area is 115 Å². The van der Waals surface area contributed by atoms with Crippen molar-refractivity contribution in [2.75, 3.05) is 42.8 Å². The smallest absolute Gasteiger partial charge is 0.231 e. The monoisotopic (exact) mass is 264 g/mol. The first-order valence-electron chi connectivity index (χ1n) is 6.93. The highest BCUT2D eigenvalue weighted by atomic mass is 15.4. The van der Waals surface area contributed by atoms with Crippen LogP contribution in [0.5, 0.6) is 0 Å². The number of nitrogens with zero attached hydrogens (tertiary/aromatic N) is 5. The van der Waals surface area contributed by atoms with Gasteiger partial charge in [-0.05, 0) is 32.6 Å². The van der Waals surface area contributed by atoms with E-state index < -0.39 is 0 Å². The average molecular weight is 264 g/mol. The van der Waals surface area contributed by atoms with Gasteiger partial charge in [-0.1, -0.05) is 0 Å². The molecule has 1 aliphatic carbocycles. The molecule has 1 heterocycles. The van der Waals surface area contributed by atoms with E-state index >= 15 is 0 Å². The van der Waals surface area contributed by atoms with E-state index in [2.05, 4.69) is 39.1 Å². The van der Waals surface area contributed by atoms with E-state index in [1.54, 1.807) is 0 Å². The molecule has 0 bridgehead atoms. The second-order valence-corrected chi connectivity index (χ2v) is 5.37. The topological polar surface area (TPSA) is 57.2 Å². The van der Waals surface area contributed by atoms with Gasteiger partial charge in [-0.25, -0.2) is 0 Å². The first kappa shape index (κ1) is 13.8. The van der Waals surface area contributed by atoms with Gasteiger partial charge in [0.25, 0.3) is 0 Å². The fourth-order valence-corrected chi connectivity index (χ4v) is 2.03. The van der Waals surface area contributed by atoms with E-state index in [-0.39, 0.29) is 0 Å². The van der Waals surface area contributed by atoms with Gasteiger partial charge in [0.05, 0.1) is 0 Å². The van der Waals surface area contributed by atoms with Crippen molar-refractivity contribution in [2.24, 2.45) is 5.92 Å². The molecule has 1 aromatic rings. The van der Waals surface area contributed by atoms with E-state index in [9.17, 15) is 0 Å². The van der Waals surface area contributed by atoms with Gasteiger partial charge in [0.2, 0.25) is 17.8 Å². The highest BCUT2D eigenvalue weighted by Crippen LogP contribution is 2.35. The number of aromatic nitrogens is 3. The van der Waals surface area contributed by atoms with E-state index in [0.29, 0.717) is 17.9 Å². The van der Waals surface area contributed by atoms with Crippen molar-refractivity contribution in [3.8, 4) is 0 Å². The third-order valence-corrected chi connectivity index (χ3v) is 3.58. The fraction of sp³-hybridized carbons (Fsp3) is 0.769. The van der Waals surface area contributed by atoms with E-state index in [1.165, 1.54) is 12.8 Å². The molecule has 0 aromatic carbocycles. The van der Waals surface area contributed by atoms with Crippen LogP contribution in [0, 0.1) is 5.92 Å². The predicted molar refractivity (Wildman–Crippen MR) is 78.9 cm³/mol. The van der Waals surface area contributed by atoms with Crippen LogP contribution >= 0.6 is 0 Å². The molecule has 6 nitrogen and oxygen atoms in total. The molecule has 0 saturated heterocycles. The molecule has 1 aliphatic rings. The highest BCUT2D eigenvalue weighted by molar-refractivity contribution is 5.44. The Hall–Kier alpha value is -1.59. The van der Waals surface area contributed by atoms with Crippen molar-refractivity contribution in [2.45, 2.75) is 32.7 Å². The average Bonchev–Trinajstić information content (AvgIpc) is 3.21. The number of rotatable bonds is 6. The molecule has 1 saturated carbocycles. The Bertz CT molecular complexity index is 429. The molecule has 6 heteroatoms. The summed E-state index contributed by atoms with van der Waals surface area (Å²) in [6.07, 6.45) is 2.63. The fourth-order valence-electron chi connectivity index (χ4n) is 2.03. The van der Waals surface area contributed by atoms with E-state index in [4.69, 9.17) is 0 Å². The van der Waals surface area contributed by atoms with Gasteiger partial charge in [0, 0.05) is 33.7 Å². The lowest BCUT2D eigenvalue weighted by Gasteiger charge is -2.26. The number of hydrogen-bond acceptors (Lipinski definition) is 6. The molecule has 1 atom stereocenters. The lowest BCUT2D eigenvalue weighted by Crippen LogP contribution is -2.33. The van der Waals surface area contributed by atoms with Crippen LogP contribution in [0.2, 0.25) is 0 Å². The Kier molecular flexibility index (Phi) is 4.07. The van der Waals surface area contributed by atoms with Crippen LogP contribution in [0.1, 0.15) is 26.7 Å². The standard InChI is InChI=1S/C13H24N6/c1-6-14-11-15-12(18(3)4)17-13(16-11)19(5)9(2)10-7-8-10/h9-10H,6-8H2,1-5H3,(H,14,15,16,17). The maximum atomic E-state index is 4.54. The van der Waals surface area contributed by atoms with Gasteiger partial charge in [-0.15, -0.1) is 0 Å². The molecule has 1 fully saturated rings. The molecule has 1 unspecified atom stereocenters. The zero-order valence-electron chi connectivity index (χ0n) is 12.5. The molecule has 0 aliphatic heterocycles. The van der Waals surface area contributed by atoms with Crippen LogP contribution < -0.4 is 15.1 Å². The Morgan fingerprint density at radius 2 is 1.79 bits per heavy atom. The summed E-state index contributed by atoms with van der Waals surface area (Å²) < 4.78 is 0. The minimum absolute atomic E-state index is 0.479. The molecule has 0 spiro atoms. The van der Waals surface area contributed by atoms with Gasteiger partial charge in [0.1, 0.15) is 0 Å². The van der Waals surface area contributed by atoms with Gasteiger partial charge in [-0.3, -0.25) is 0 Å². The van der Waals surface area contributed by atoms with E-state index in [1.807, 2.05) is 25.9 Å². The lowest BCUT2D eigenvalue weighted by molar-refractivity contribution is 0.596. The van der Waals surface area contributed by atoms with Gasteiger partial charge in [-0.2, -0.15) is 15.0 Å². The van der Waals surface area contributed by atoms with Crippen LogP contribution in [-0.4, -0.2) is 48.7 Å². The highest BCUT2D eigenvalue weighted by Gasteiger charge is 2.31. The van der Waals surface area contributed by atoms with E-state index in [0.717, 1.165) is 18.4 Å². The van der Waals surface area contributed by atoms with Crippen molar-refractivity contribution in [3.05, 3.63) is 0 Å².